The molecule has 0 saturated carbocycles. The summed E-state index contributed by atoms with van der Waals surface area (Å²) in [6.45, 7) is 6.25. The van der Waals surface area contributed by atoms with Gasteiger partial charge in [0.2, 0.25) is 0 Å². The fourth-order valence-electron chi connectivity index (χ4n) is 2.21. The number of hydrogen-bond donors (Lipinski definition) is 0. The Bertz CT molecular complexity index is 547. The molecule has 86 valence electrons. The van der Waals surface area contributed by atoms with Crippen LogP contribution in [0.4, 0.5) is 0 Å². The third kappa shape index (κ3) is 2.44. The highest BCUT2D eigenvalue weighted by atomic mass is 16.1. The van der Waals surface area contributed by atoms with Gasteiger partial charge in [0.1, 0.15) is 6.29 Å². The van der Waals surface area contributed by atoms with Crippen LogP contribution in [0.15, 0.2) is 36.4 Å². The molecule has 0 N–H and O–H groups in total. The Labute approximate surface area is 102 Å². The van der Waals surface area contributed by atoms with Crippen molar-refractivity contribution < 1.29 is 4.79 Å². The summed E-state index contributed by atoms with van der Waals surface area (Å²) in [6.07, 6.45) is 0.887. The Hall–Kier alpha value is -1.89. The quantitative estimate of drug-likeness (QED) is 0.702. The van der Waals surface area contributed by atoms with E-state index < -0.39 is 0 Å². The van der Waals surface area contributed by atoms with Gasteiger partial charge in [-0.1, -0.05) is 41.5 Å². The first-order valence-corrected chi connectivity index (χ1v) is 5.74. The SMILES string of the molecule is Cc1cc(C)cc(-c2ccc(C=O)cc2C)c1. The number of benzene rings is 2. The number of carbonyl (C=O) groups is 1. The summed E-state index contributed by atoms with van der Waals surface area (Å²) in [6, 6.07) is 12.3. The van der Waals surface area contributed by atoms with Crippen molar-refractivity contribution in [1.29, 1.82) is 0 Å². The standard InChI is InChI=1S/C16H16O/c1-11-6-12(2)8-15(7-11)16-5-4-14(10-17)9-13(16)3/h4-10H,1-3H3. The van der Waals surface area contributed by atoms with Gasteiger partial charge in [-0.05, 0) is 43.5 Å². The predicted octanol–water partition coefficient (Wildman–Crippen LogP) is 4.09. The summed E-state index contributed by atoms with van der Waals surface area (Å²) in [4.78, 5) is 10.7. The molecule has 0 atom stereocenters. The van der Waals surface area contributed by atoms with Gasteiger partial charge in [0, 0.05) is 5.56 Å². The summed E-state index contributed by atoms with van der Waals surface area (Å²) in [5.41, 5.74) is 6.81. The topological polar surface area (TPSA) is 17.1 Å². The number of carbonyl (C=O) groups excluding carboxylic acids is 1. The van der Waals surface area contributed by atoms with Crippen molar-refractivity contribution in [3.63, 3.8) is 0 Å². The Kier molecular flexibility index (Phi) is 3.10. The lowest BCUT2D eigenvalue weighted by atomic mass is 9.96. The van der Waals surface area contributed by atoms with Crippen LogP contribution in [0.2, 0.25) is 0 Å². The maximum Gasteiger partial charge on any atom is 0.150 e. The zero-order valence-corrected chi connectivity index (χ0v) is 10.4. The first-order valence-electron chi connectivity index (χ1n) is 5.74. The van der Waals surface area contributed by atoms with Gasteiger partial charge in [0.05, 0.1) is 0 Å². The highest BCUT2D eigenvalue weighted by Crippen LogP contribution is 2.25. The molecule has 0 saturated heterocycles. The molecule has 0 aliphatic carbocycles. The number of aryl methyl sites for hydroxylation is 3. The van der Waals surface area contributed by atoms with E-state index in [2.05, 4.69) is 32.0 Å². The van der Waals surface area contributed by atoms with Gasteiger partial charge < -0.3 is 0 Å². The van der Waals surface area contributed by atoms with E-state index in [-0.39, 0.29) is 0 Å². The highest BCUT2D eigenvalue weighted by molar-refractivity contribution is 5.78. The van der Waals surface area contributed by atoms with E-state index in [0.29, 0.717) is 0 Å². The van der Waals surface area contributed by atoms with Crippen LogP contribution >= 0.6 is 0 Å². The van der Waals surface area contributed by atoms with Crippen molar-refractivity contribution in [2.75, 3.05) is 0 Å². The molecular weight excluding hydrogens is 208 g/mol. The Morgan fingerprint density at radius 2 is 1.53 bits per heavy atom. The van der Waals surface area contributed by atoms with Gasteiger partial charge in [0.25, 0.3) is 0 Å². The molecule has 0 heterocycles. The second-order valence-electron chi connectivity index (χ2n) is 4.57. The molecule has 0 radical (unpaired) electrons. The van der Waals surface area contributed by atoms with E-state index in [1.807, 2.05) is 25.1 Å². The van der Waals surface area contributed by atoms with E-state index >= 15 is 0 Å². The second-order valence-corrected chi connectivity index (χ2v) is 4.57. The minimum atomic E-state index is 0.732. The molecule has 1 nitrogen and oxygen atoms in total. The lowest BCUT2D eigenvalue weighted by Gasteiger charge is -2.09. The summed E-state index contributed by atoms with van der Waals surface area (Å²) >= 11 is 0. The third-order valence-corrected chi connectivity index (χ3v) is 2.92. The normalized spacial score (nSPS) is 10.3. The van der Waals surface area contributed by atoms with Crippen LogP contribution in [0, 0.1) is 20.8 Å². The number of rotatable bonds is 2. The average Bonchev–Trinajstić information content (AvgIpc) is 2.27. The molecule has 0 aromatic heterocycles. The van der Waals surface area contributed by atoms with Crippen molar-refractivity contribution in [2.24, 2.45) is 0 Å². The molecule has 0 aliphatic heterocycles. The molecule has 1 heteroatoms. The molecule has 17 heavy (non-hydrogen) atoms. The van der Waals surface area contributed by atoms with Gasteiger partial charge in [-0.3, -0.25) is 4.79 Å². The monoisotopic (exact) mass is 224 g/mol. The number of aldehydes is 1. The lowest BCUT2D eigenvalue weighted by Crippen LogP contribution is -1.88. The molecule has 0 unspecified atom stereocenters. The first kappa shape index (κ1) is 11.6. The minimum absolute atomic E-state index is 0.732. The largest absolute Gasteiger partial charge is 0.298 e. The molecule has 2 rings (SSSR count). The molecule has 2 aromatic rings. The summed E-state index contributed by atoms with van der Waals surface area (Å²) in [5.74, 6) is 0. The maximum atomic E-state index is 10.7. The summed E-state index contributed by atoms with van der Waals surface area (Å²) < 4.78 is 0. The van der Waals surface area contributed by atoms with Crippen LogP contribution in [-0.4, -0.2) is 6.29 Å². The second kappa shape index (κ2) is 4.54. The fourth-order valence-corrected chi connectivity index (χ4v) is 2.21. The molecule has 0 spiro atoms. The Morgan fingerprint density at radius 3 is 2.06 bits per heavy atom. The Morgan fingerprint density at radius 1 is 0.882 bits per heavy atom. The molecule has 0 amide bonds. The van der Waals surface area contributed by atoms with Gasteiger partial charge in [-0.15, -0.1) is 0 Å². The molecular formula is C16H16O. The van der Waals surface area contributed by atoms with Crippen LogP contribution in [0.1, 0.15) is 27.0 Å². The summed E-state index contributed by atoms with van der Waals surface area (Å²) in [7, 11) is 0. The van der Waals surface area contributed by atoms with Crippen molar-refractivity contribution in [3.05, 3.63) is 58.7 Å². The molecule has 0 bridgehead atoms. The van der Waals surface area contributed by atoms with Gasteiger partial charge in [-0.25, -0.2) is 0 Å². The maximum absolute atomic E-state index is 10.7. The van der Waals surface area contributed by atoms with E-state index in [0.717, 1.165) is 17.4 Å². The van der Waals surface area contributed by atoms with Crippen molar-refractivity contribution in [1.82, 2.24) is 0 Å². The van der Waals surface area contributed by atoms with Crippen LogP contribution < -0.4 is 0 Å². The van der Waals surface area contributed by atoms with Crippen LogP contribution in [0.3, 0.4) is 0 Å². The van der Waals surface area contributed by atoms with Gasteiger partial charge in [0.15, 0.2) is 0 Å². The zero-order valence-electron chi connectivity index (χ0n) is 10.4. The van der Waals surface area contributed by atoms with Crippen molar-refractivity contribution in [2.45, 2.75) is 20.8 Å². The minimum Gasteiger partial charge on any atom is -0.298 e. The van der Waals surface area contributed by atoms with Gasteiger partial charge in [-0.2, -0.15) is 0 Å². The highest BCUT2D eigenvalue weighted by Gasteiger charge is 2.04. The first-order chi connectivity index (χ1) is 8.10. The molecule has 0 fully saturated rings. The van der Waals surface area contributed by atoms with E-state index in [9.17, 15) is 4.79 Å². The lowest BCUT2D eigenvalue weighted by molar-refractivity contribution is 0.112. The van der Waals surface area contributed by atoms with Crippen LogP contribution in [0.25, 0.3) is 11.1 Å². The van der Waals surface area contributed by atoms with E-state index in [4.69, 9.17) is 0 Å². The van der Waals surface area contributed by atoms with Crippen molar-refractivity contribution >= 4 is 6.29 Å². The van der Waals surface area contributed by atoms with Crippen molar-refractivity contribution in [3.8, 4) is 11.1 Å². The van der Waals surface area contributed by atoms with Crippen LogP contribution in [-0.2, 0) is 0 Å². The Balaban J connectivity index is 2.56. The predicted molar refractivity (Wildman–Crippen MR) is 71.5 cm³/mol. The molecule has 0 aliphatic rings. The number of hydrogen-bond acceptors (Lipinski definition) is 1. The summed E-state index contributed by atoms with van der Waals surface area (Å²) in [5, 5.41) is 0. The van der Waals surface area contributed by atoms with E-state index in [1.54, 1.807) is 0 Å². The average molecular weight is 224 g/mol. The van der Waals surface area contributed by atoms with E-state index in [1.165, 1.54) is 22.3 Å². The molecule has 2 aromatic carbocycles. The van der Waals surface area contributed by atoms with Gasteiger partial charge >= 0.3 is 0 Å². The smallest absolute Gasteiger partial charge is 0.150 e. The zero-order chi connectivity index (χ0) is 12.4. The third-order valence-electron chi connectivity index (χ3n) is 2.92. The van der Waals surface area contributed by atoms with Crippen LogP contribution in [0.5, 0.6) is 0 Å². The fraction of sp³-hybridized carbons (Fsp3) is 0.188.